The van der Waals surface area contributed by atoms with E-state index in [-0.39, 0.29) is 11.5 Å². The number of fused-ring (bicyclic) bond motifs is 1. The van der Waals surface area contributed by atoms with Crippen LogP contribution in [-0.4, -0.2) is 10.9 Å². The largest absolute Gasteiger partial charge is 0.507 e. The molecule has 1 aliphatic rings. The van der Waals surface area contributed by atoms with E-state index in [1.807, 2.05) is 36.4 Å². The van der Waals surface area contributed by atoms with Gasteiger partial charge < -0.3 is 5.11 Å². The molecule has 1 N–H and O–H groups in total. The van der Waals surface area contributed by atoms with E-state index in [9.17, 15) is 9.90 Å². The number of carbonyl (C=O) groups is 1. The number of phenolic OH excluding ortho intramolecular Hbond substituents is 1. The van der Waals surface area contributed by atoms with Gasteiger partial charge in [-0.2, -0.15) is 0 Å². The van der Waals surface area contributed by atoms with E-state index in [0.717, 1.165) is 30.4 Å². The van der Waals surface area contributed by atoms with Crippen LogP contribution in [0.2, 0.25) is 0 Å². The van der Waals surface area contributed by atoms with Crippen LogP contribution in [0.1, 0.15) is 39.9 Å². The van der Waals surface area contributed by atoms with Gasteiger partial charge in [0, 0.05) is 6.42 Å². The molecule has 2 aromatic carbocycles. The Morgan fingerprint density at radius 2 is 1.75 bits per heavy atom. The van der Waals surface area contributed by atoms with E-state index in [0.29, 0.717) is 12.0 Å². The number of carbonyl (C=O) groups excluding carboxylic acids is 1. The maximum absolute atomic E-state index is 12.4. The van der Waals surface area contributed by atoms with Gasteiger partial charge in [0.1, 0.15) is 5.75 Å². The van der Waals surface area contributed by atoms with Gasteiger partial charge in [-0.15, -0.1) is 0 Å². The second-order valence-corrected chi connectivity index (χ2v) is 5.39. The van der Waals surface area contributed by atoms with Gasteiger partial charge in [0.15, 0.2) is 5.78 Å². The van der Waals surface area contributed by atoms with E-state index >= 15 is 0 Å². The van der Waals surface area contributed by atoms with E-state index in [4.69, 9.17) is 0 Å². The van der Waals surface area contributed by atoms with Crippen molar-refractivity contribution in [2.24, 2.45) is 0 Å². The predicted molar refractivity (Wildman–Crippen MR) is 79.2 cm³/mol. The SMILES string of the molecule is O=C(Cc1ccccc1)c1ccc2c(c1O)CCCC2. The first-order valence-electron chi connectivity index (χ1n) is 7.16. The van der Waals surface area contributed by atoms with Gasteiger partial charge in [0.05, 0.1) is 5.56 Å². The molecule has 0 radical (unpaired) electrons. The molecule has 3 rings (SSSR count). The number of hydrogen-bond donors (Lipinski definition) is 1. The summed E-state index contributed by atoms with van der Waals surface area (Å²) in [6.45, 7) is 0. The second-order valence-electron chi connectivity index (χ2n) is 5.39. The molecular formula is C18H18O2. The number of phenols is 1. The lowest BCUT2D eigenvalue weighted by Gasteiger charge is -2.18. The lowest BCUT2D eigenvalue weighted by molar-refractivity contribution is 0.0990. The van der Waals surface area contributed by atoms with Crippen LogP contribution < -0.4 is 0 Å². The molecule has 0 aliphatic heterocycles. The molecule has 0 unspecified atom stereocenters. The van der Waals surface area contributed by atoms with Crippen molar-refractivity contribution in [2.45, 2.75) is 32.1 Å². The predicted octanol–water partition coefficient (Wildman–Crippen LogP) is 3.70. The molecule has 2 nitrogen and oxygen atoms in total. The Morgan fingerprint density at radius 3 is 2.55 bits per heavy atom. The zero-order valence-corrected chi connectivity index (χ0v) is 11.4. The van der Waals surface area contributed by atoms with Gasteiger partial charge in [0.25, 0.3) is 0 Å². The topological polar surface area (TPSA) is 37.3 Å². The monoisotopic (exact) mass is 266 g/mol. The molecule has 0 saturated heterocycles. The van der Waals surface area contributed by atoms with Crippen LogP contribution >= 0.6 is 0 Å². The lowest BCUT2D eigenvalue weighted by Crippen LogP contribution is -2.09. The van der Waals surface area contributed by atoms with Gasteiger partial charge >= 0.3 is 0 Å². The highest BCUT2D eigenvalue weighted by Gasteiger charge is 2.19. The number of aryl methyl sites for hydroxylation is 1. The fourth-order valence-electron chi connectivity index (χ4n) is 2.91. The third kappa shape index (κ3) is 2.46. The molecular weight excluding hydrogens is 248 g/mol. The molecule has 1 aliphatic carbocycles. The number of rotatable bonds is 3. The van der Waals surface area contributed by atoms with Crippen molar-refractivity contribution in [2.75, 3.05) is 0 Å². The minimum Gasteiger partial charge on any atom is -0.507 e. The number of Topliss-reactive ketones (excluding diaryl/α,β-unsaturated/α-hetero) is 1. The zero-order chi connectivity index (χ0) is 13.9. The van der Waals surface area contributed by atoms with Crippen LogP contribution in [0.4, 0.5) is 0 Å². The highest BCUT2D eigenvalue weighted by Crippen LogP contribution is 2.32. The van der Waals surface area contributed by atoms with Crippen molar-refractivity contribution >= 4 is 5.78 Å². The maximum Gasteiger partial charge on any atom is 0.170 e. The van der Waals surface area contributed by atoms with E-state index in [1.165, 1.54) is 12.0 Å². The molecule has 0 saturated carbocycles. The summed E-state index contributed by atoms with van der Waals surface area (Å²) >= 11 is 0. The molecule has 102 valence electrons. The highest BCUT2D eigenvalue weighted by molar-refractivity contribution is 6.00. The molecule has 2 aromatic rings. The Balaban J connectivity index is 1.89. The molecule has 20 heavy (non-hydrogen) atoms. The minimum absolute atomic E-state index is 0.0120. The Morgan fingerprint density at radius 1 is 1.00 bits per heavy atom. The Hall–Kier alpha value is -2.09. The van der Waals surface area contributed by atoms with Crippen molar-refractivity contribution in [3.05, 3.63) is 64.7 Å². The number of ketones is 1. The third-order valence-electron chi connectivity index (χ3n) is 4.01. The van der Waals surface area contributed by atoms with Gasteiger partial charge in [-0.3, -0.25) is 4.79 Å². The average molecular weight is 266 g/mol. The molecule has 0 atom stereocenters. The van der Waals surface area contributed by atoms with Crippen molar-refractivity contribution in [1.82, 2.24) is 0 Å². The molecule has 2 heteroatoms. The Bertz CT molecular complexity index is 629. The minimum atomic E-state index is -0.0120. The summed E-state index contributed by atoms with van der Waals surface area (Å²) in [5.41, 5.74) is 3.63. The Labute approximate surface area is 119 Å². The smallest absolute Gasteiger partial charge is 0.170 e. The van der Waals surface area contributed by atoms with Crippen molar-refractivity contribution in [3.8, 4) is 5.75 Å². The third-order valence-corrected chi connectivity index (χ3v) is 4.01. The van der Waals surface area contributed by atoms with Crippen molar-refractivity contribution < 1.29 is 9.90 Å². The normalized spacial score (nSPS) is 13.8. The zero-order valence-electron chi connectivity index (χ0n) is 11.4. The maximum atomic E-state index is 12.4. The van der Waals surface area contributed by atoms with Crippen LogP contribution in [0.15, 0.2) is 42.5 Å². The first-order valence-corrected chi connectivity index (χ1v) is 7.16. The van der Waals surface area contributed by atoms with Crippen LogP contribution in [0.25, 0.3) is 0 Å². The molecule has 0 fully saturated rings. The molecule has 0 aromatic heterocycles. The first kappa shape index (κ1) is 12.9. The van der Waals surface area contributed by atoms with Gasteiger partial charge in [-0.25, -0.2) is 0 Å². The second kappa shape index (κ2) is 5.49. The summed E-state index contributed by atoms with van der Waals surface area (Å²) in [6, 6.07) is 13.5. The molecule has 0 spiro atoms. The van der Waals surface area contributed by atoms with E-state index in [1.54, 1.807) is 6.07 Å². The molecule has 0 amide bonds. The fourth-order valence-corrected chi connectivity index (χ4v) is 2.91. The number of benzene rings is 2. The van der Waals surface area contributed by atoms with Gasteiger partial charge in [-0.1, -0.05) is 36.4 Å². The highest BCUT2D eigenvalue weighted by atomic mass is 16.3. The van der Waals surface area contributed by atoms with Crippen LogP contribution in [-0.2, 0) is 19.3 Å². The summed E-state index contributed by atoms with van der Waals surface area (Å²) in [6.07, 6.45) is 4.50. The number of hydrogen-bond acceptors (Lipinski definition) is 2. The van der Waals surface area contributed by atoms with E-state index in [2.05, 4.69) is 0 Å². The fraction of sp³-hybridized carbons (Fsp3) is 0.278. The van der Waals surface area contributed by atoms with Crippen molar-refractivity contribution in [1.29, 1.82) is 0 Å². The summed E-state index contributed by atoms with van der Waals surface area (Å²) < 4.78 is 0. The average Bonchev–Trinajstić information content (AvgIpc) is 2.49. The molecule has 0 bridgehead atoms. The van der Waals surface area contributed by atoms with E-state index < -0.39 is 0 Å². The molecule has 0 heterocycles. The van der Waals surface area contributed by atoms with Gasteiger partial charge in [0.2, 0.25) is 0 Å². The van der Waals surface area contributed by atoms with Crippen molar-refractivity contribution in [3.63, 3.8) is 0 Å². The first-order chi connectivity index (χ1) is 9.75. The summed E-state index contributed by atoms with van der Waals surface area (Å²) in [5.74, 6) is 0.199. The summed E-state index contributed by atoms with van der Waals surface area (Å²) in [5, 5.41) is 10.4. The quantitative estimate of drug-likeness (QED) is 0.860. The standard InChI is InChI=1S/C18H18O2/c19-17(12-13-6-2-1-3-7-13)16-11-10-14-8-4-5-9-15(14)18(16)20/h1-3,6-7,10-11,20H,4-5,8-9,12H2. The number of aromatic hydroxyl groups is 1. The van der Waals surface area contributed by atoms with Crippen LogP contribution in [0.5, 0.6) is 5.75 Å². The van der Waals surface area contributed by atoms with Crippen LogP contribution in [0.3, 0.4) is 0 Å². The Kier molecular flexibility index (Phi) is 3.55. The summed E-state index contributed by atoms with van der Waals surface area (Å²) in [4.78, 5) is 12.4. The van der Waals surface area contributed by atoms with Gasteiger partial charge in [-0.05, 0) is 48.4 Å². The summed E-state index contributed by atoms with van der Waals surface area (Å²) in [7, 11) is 0. The van der Waals surface area contributed by atoms with Crippen LogP contribution in [0, 0.1) is 0 Å². The lowest BCUT2D eigenvalue weighted by atomic mass is 9.88.